The van der Waals surface area contributed by atoms with Crippen molar-refractivity contribution in [2.75, 3.05) is 11.9 Å². The fraction of sp³-hybridized carbons (Fsp3) is 0.667. The van der Waals surface area contributed by atoms with Crippen LogP contribution in [0.25, 0.3) is 0 Å². The molecular formula is C15H24N4O. The van der Waals surface area contributed by atoms with Gasteiger partial charge in [-0.05, 0) is 18.8 Å². The molecule has 1 saturated heterocycles. The van der Waals surface area contributed by atoms with E-state index >= 15 is 0 Å². The number of nitrogens with zero attached hydrogens (tertiary/aromatic N) is 2. The van der Waals surface area contributed by atoms with Gasteiger partial charge in [0, 0.05) is 24.2 Å². The Hall–Kier alpha value is -1.65. The second kappa shape index (κ2) is 6.20. The highest BCUT2D eigenvalue weighted by Crippen LogP contribution is 2.20. The number of amides is 1. The third-order valence-corrected chi connectivity index (χ3v) is 3.48. The van der Waals surface area contributed by atoms with E-state index in [9.17, 15) is 4.79 Å². The van der Waals surface area contributed by atoms with E-state index in [1.54, 1.807) is 0 Å². The van der Waals surface area contributed by atoms with Crippen LogP contribution in [0.5, 0.6) is 0 Å². The molecule has 5 nitrogen and oxygen atoms in total. The Kier molecular flexibility index (Phi) is 4.57. The van der Waals surface area contributed by atoms with Gasteiger partial charge in [0.05, 0.1) is 0 Å². The summed E-state index contributed by atoms with van der Waals surface area (Å²) in [5.74, 6) is 2.27. The number of nitrogens with one attached hydrogen (secondary N) is 2. The third kappa shape index (κ3) is 3.46. The van der Waals surface area contributed by atoms with Gasteiger partial charge in [0.2, 0.25) is 5.91 Å². The van der Waals surface area contributed by atoms with Crippen molar-refractivity contribution in [3.05, 3.63) is 17.6 Å². The van der Waals surface area contributed by atoms with E-state index < -0.39 is 0 Å². The minimum Gasteiger partial charge on any atom is -0.358 e. The molecule has 110 valence electrons. The quantitative estimate of drug-likeness (QED) is 0.886. The standard InChI is InChI=1S/C15H24N4O/c1-9(2)12-8-13(19-14(18-12)10(3)4)17-11-6-5-7-16-15(11)20/h8-11H,5-7H2,1-4H3,(H,16,20)(H,17,18,19). The van der Waals surface area contributed by atoms with Crippen LogP contribution in [0, 0.1) is 0 Å². The molecule has 2 heterocycles. The topological polar surface area (TPSA) is 66.9 Å². The van der Waals surface area contributed by atoms with Gasteiger partial charge in [0.25, 0.3) is 0 Å². The molecule has 5 heteroatoms. The Morgan fingerprint density at radius 1 is 1.25 bits per heavy atom. The first-order valence-corrected chi connectivity index (χ1v) is 7.40. The highest BCUT2D eigenvalue weighted by molar-refractivity contribution is 5.84. The molecule has 0 bridgehead atoms. The molecule has 0 aromatic carbocycles. The van der Waals surface area contributed by atoms with E-state index in [0.717, 1.165) is 36.7 Å². The summed E-state index contributed by atoms with van der Waals surface area (Å²) in [6, 6.07) is 1.77. The summed E-state index contributed by atoms with van der Waals surface area (Å²) in [4.78, 5) is 21.0. The summed E-state index contributed by atoms with van der Waals surface area (Å²) in [6.45, 7) is 9.16. The van der Waals surface area contributed by atoms with Crippen LogP contribution in [-0.2, 0) is 4.79 Å². The number of rotatable bonds is 4. The second-order valence-corrected chi connectivity index (χ2v) is 5.98. The summed E-state index contributed by atoms with van der Waals surface area (Å²) in [6.07, 6.45) is 1.85. The van der Waals surface area contributed by atoms with Crippen molar-refractivity contribution in [3.63, 3.8) is 0 Å². The molecule has 1 aromatic rings. The maximum Gasteiger partial charge on any atom is 0.242 e. The zero-order chi connectivity index (χ0) is 14.7. The van der Waals surface area contributed by atoms with E-state index in [2.05, 4.69) is 48.3 Å². The van der Waals surface area contributed by atoms with Crippen LogP contribution in [0.4, 0.5) is 5.82 Å². The molecular weight excluding hydrogens is 252 g/mol. The van der Waals surface area contributed by atoms with E-state index in [1.807, 2.05) is 6.07 Å². The molecule has 1 aliphatic heterocycles. The van der Waals surface area contributed by atoms with Crippen LogP contribution in [0.3, 0.4) is 0 Å². The molecule has 1 amide bonds. The lowest BCUT2D eigenvalue weighted by molar-refractivity contribution is -0.123. The lowest BCUT2D eigenvalue weighted by Gasteiger charge is -2.24. The first-order valence-electron chi connectivity index (χ1n) is 7.40. The van der Waals surface area contributed by atoms with E-state index in [-0.39, 0.29) is 17.9 Å². The SMILES string of the molecule is CC(C)c1cc(NC2CCCNC2=O)nc(C(C)C)n1. The van der Waals surface area contributed by atoms with Crippen molar-refractivity contribution in [2.24, 2.45) is 0 Å². The second-order valence-electron chi connectivity index (χ2n) is 5.98. The number of aromatic nitrogens is 2. The lowest BCUT2D eigenvalue weighted by Crippen LogP contribution is -2.44. The maximum atomic E-state index is 11.8. The van der Waals surface area contributed by atoms with Gasteiger partial charge in [0.15, 0.2) is 0 Å². The Labute approximate surface area is 120 Å². The number of hydrogen-bond donors (Lipinski definition) is 2. The summed E-state index contributed by atoms with van der Waals surface area (Å²) in [7, 11) is 0. The molecule has 0 radical (unpaired) electrons. The minimum atomic E-state index is -0.182. The molecule has 0 aliphatic carbocycles. The van der Waals surface area contributed by atoms with Crippen LogP contribution in [-0.4, -0.2) is 28.5 Å². The van der Waals surface area contributed by atoms with Crippen LogP contribution in [0.1, 0.15) is 63.9 Å². The maximum absolute atomic E-state index is 11.8. The number of carbonyl (C=O) groups is 1. The Morgan fingerprint density at radius 2 is 2.00 bits per heavy atom. The van der Waals surface area contributed by atoms with Gasteiger partial charge in [-0.2, -0.15) is 0 Å². The summed E-state index contributed by atoms with van der Waals surface area (Å²) in [5.41, 5.74) is 1.02. The van der Waals surface area contributed by atoms with Crippen molar-refractivity contribution in [1.29, 1.82) is 0 Å². The largest absolute Gasteiger partial charge is 0.358 e. The molecule has 2 rings (SSSR count). The van der Waals surface area contributed by atoms with Gasteiger partial charge in [-0.1, -0.05) is 27.7 Å². The zero-order valence-electron chi connectivity index (χ0n) is 12.7. The number of anilines is 1. The average Bonchev–Trinajstić information content (AvgIpc) is 2.41. The van der Waals surface area contributed by atoms with E-state index in [4.69, 9.17) is 0 Å². The number of piperidine rings is 1. The molecule has 1 fully saturated rings. The van der Waals surface area contributed by atoms with Crippen LogP contribution in [0.15, 0.2) is 6.07 Å². The van der Waals surface area contributed by atoms with Crippen molar-refractivity contribution in [2.45, 2.75) is 58.4 Å². The zero-order valence-corrected chi connectivity index (χ0v) is 12.7. The van der Waals surface area contributed by atoms with Crippen molar-refractivity contribution < 1.29 is 4.79 Å². The van der Waals surface area contributed by atoms with Crippen LogP contribution >= 0.6 is 0 Å². The minimum absolute atomic E-state index is 0.0621. The summed E-state index contributed by atoms with van der Waals surface area (Å²) in [5, 5.41) is 6.14. The van der Waals surface area contributed by atoms with Gasteiger partial charge in [0.1, 0.15) is 17.7 Å². The first-order chi connectivity index (χ1) is 9.47. The van der Waals surface area contributed by atoms with Crippen molar-refractivity contribution in [3.8, 4) is 0 Å². The smallest absolute Gasteiger partial charge is 0.242 e. The molecule has 20 heavy (non-hydrogen) atoms. The Balaban J connectivity index is 2.23. The van der Waals surface area contributed by atoms with Gasteiger partial charge in [-0.15, -0.1) is 0 Å². The Morgan fingerprint density at radius 3 is 2.60 bits per heavy atom. The Bertz CT molecular complexity index is 459. The fourth-order valence-electron chi connectivity index (χ4n) is 2.20. The summed E-state index contributed by atoms with van der Waals surface area (Å²) >= 11 is 0. The molecule has 1 unspecified atom stereocenters. The average molecular weight is 276 g/mol. The fourth-order valence-corrected chi connectivity index (χ4v) is 2.20. The van der Waals surface area contributed by atoms with E-state index in [1.165, 1.54) is 0 Å². The molecule has 0 saturated carbocycles. The number of hydrogen-bond acceptors (Lipinski definition) is 4. The molecule has 0 spiro atoms. The summed E-state index contributed by atoms with van der Waals surface area (Å²) < 4.78 is 0. The van der Waals surface area contributed by atoms with E-state index in [0.29, 0.717) is 5.92 Å². The van der Waals surface area contributed by atoms with Crippen LogP contribution in [0.2, 0.25) is 0 Å². The highest BCUT2D eigenvalue weighted by atomic mass is 16.2. The monoisotopic (exact) mass is 276 g/mol. The molecule has 1 aliphatic rings. The van der Waals surface area contributed by atoms with Crippen LogP contribution < -0.4 is 10.6 Å². The molecule has 1 aromatic heterocycles. The molecule has 1 atom stereocenters. The highest BCUT2D eigenvalue weighted by Gasteiger charge is 2.22. The van der Waals surface area contributed by atoms with Gasteiger partial charge in [-0.25, -0.2) is 9.97 Å². The lowest BCUT2D eigenvalue weighted by atomic mass is 10.1. The third-order valence-electron chi connectivity index (χ3n) is 3.48. The predicted molar refractivity (Wildman–Crippen MR) is 79.9 cm³/mol. The van der Waals surface area contributed by atoms with Crippen molar-refractivity contribution in [1.82, 2.24) is 15.3 Å². The van der Waals surface area contributed by atoms with Gasteiger partial charge < -0.3 is 10.6 Å². The first kappa shape index (κ1) is 14.8. The number of carbonyl (C=O) groups excluding carboxylic acids is 1. The van der Waals surface area contributed by atoms with Crippen molar-refractivity contribution >= 4 is 11.7 Å². The van der Waals surface area contributed by atoms with Gasteiger partial charge >= 0.3 is 0 Å². The normalized spacial score (nSPS) is 19.3. The predicted octanol–water partition coefficient (Wildman–Crippen LogP) is 2.41. The molecule has 2 N–H and O–H groups in total. The van der Waals surface area contributed by atoms with Gasteiger partial charge in [-0.3, -0.25) is 4.79 Å².